The van der Waals surface area contributed by atoms with Crippen molar-refractivity contribution >= 4 is 28.2 Å². The normalized spacial score (nSPS) is 20.4. The van der Waals surface area contributed by atoms with Crippen LogP contribution in [0, 0.1) is 5.92 Å². The predicted octanol–water partition coefficient (Wildman–Crippen LogP) is 5.84. The molecule has 30 heavy (non-hydrogen) atoms. The third kappa shape index (κ3) is 4.18. The van der Waals surface area contributed by atoms with Crippen LogP contribution in [0.5, 0.6) is 0 Å². The molecule has 0 saturated heterocycles. The van der Waals surface area contributed by atoms with Crippen LogP contribution in [0.4, 0.5) is 5.00 Å². The van der Waals surface area contributed by atoms with Gasteiger partial charge in [-0.1, -0.05) is 45.0 Å². The number of benzene rings is 1. The molecule has 0 radical (unpaired) electrons. The van der Waals surface area contributed by atoms with Gasteiger partial charge in [-0.25, -0.2) is 4.79 Å². The van der Waals surface area contributed by atoms with E-state index >= 15 is 0 Å². The quantitative estimate of drug-likeness (QED) is 0.612. The van der Waals surface area contributed by atoms with Gasteiger partial charge in [0.1, 0.15) is 5.00 Å². The predicted molar refractivity (Wildman–Crippen MR) is 122 cm³/mol. The average molecular weight is 426 g/mol. The summed E-state index contributed by atoms with van der Waals surface area (Å²) in [5.74, 6) is -0.0549. The molecular weight excluding hydrogens is 394 g/mol. The summed E-state index contributed by atoms with van der Waals surface area (Å²) in [7, 11) is 0. The summed E-state index contributed by atoms with van der Waals surface area (Å²) in [5, 5.41) is 3.76. The van der Waals surface area contributed by atoms with E-state index in [1.54, 1.807) is 11.3 Å². The van der Waals surface area contributed by atoms with Crippen LogP contribution in [0.15, 0.2) is 24.3 Å². The lowest BCUT2D eigenvalue weighted by atomic mass is 9.86. The van der Waals surface area contributed by atoms with Gasteiger partial charge in [-0.2, -0.15) is 0 Å². The van der Waals surface area contributed by atoms with E-state index in [9.17, 15) is 9.59 Å². The monoisotopic (exact) mass is 425 g/mol. The van der Waals surface area contributed by atoms with Crippen molar-refractivity contribution in [3.8, 4) is 0 Å². The van der Waals surface area contributed by atoms with Gasteiger partial charge in [0.15, 0.2) is 0 Å². The van der Waals surface area contributed by atoms with E-state index in [1.165, 1.54) is 16.0 Å². The molecule has 1 saturated carbocycles. The molecule has 160 valence electrons. The highest BCUT2D eigenvalue weighted by molar-refractivity contribution is 7.17. The number of anilines is 1. The molecule has 1 N–H and O–H groups in total. The highest BCUT2D eigenvalue weighted by Gasteiger charge is 2.44. The summed E-state index contributed by atoms with van der Waals surface area (Å²) in [6.07, 6.45) is 4.95. The average Bonchev–Trinajstić information content (AvgIpc) is 3.42. The van der Waals surface area contributed by atoms with Gasteiger partial charge in [0.2, 0.25) is 5.91 Å². The zero-order valence-electron chi connectivity index (χ0n) is 18.3. The lowest BCUT2D eigenvalue weighted by Gasteiger charge is -2.19. The molecule has 1 aromatic carbocycles. The smallest absolute Gasteiger partial charge is 0.341 e. The van der Waals surface area contributed by atoms with Crippen LogP contribution in [-0.2, 0) is 27.8 Å². The van der Waals surface area contributed by atoms with Crippen LogP contribution in [-0.4, -0.2) is 18.5 Å². The highest BCUT2D eigenvalue weighted by Crippen LogP contribution is 2.49. The van der Waals surface area contributed by atoms with Gasteiger partial charge in [-0.15, -0.1) is 11.3 Å². The fraction of sp³-hybridized carbons (Fsp3) is 0.520. The number of carbonyl (C=O) groups excluding carboxylic acids is 2. The first-order valence-corrected chi connectivity index (χ1v) is 11.8. The lowest BCUT2D eigenvalue weighted by molar-refractivity contribution is -0.117. The van der Waals surface area contributed by atoms with Crippen LogP contribution in [0.3, 0.4) is 0 Å². The van der Waals surface area contributed by atoms with Crippen molar-refractivity contribution in [1.82, 2.24) is 0 Å². The van der Waals surface area contributed by atoms with Crippen molar-refractivity contribution in [3.63, 3.8) is 0 Å². The molecule has 4 nitrogen and oxygen atoms in total. The minimum atomic E-state index is -0.308. The van der Waals surface area contributed by atoms with Crippen LogP contribution < -0.4 is 5.32 Å². The summed E-state index contributed by atoms with van der Waals surface area (Å²) < 4.78 is 5.30. The maximum absolute atomic E-state index is 13.0. The molecule has 0 unspecified atom stereocenters. The van der Waals surface area contributed by atoms with E-state index in [2.05, 4.69) is 50.4 Å². The first kappa shape index (κ1) is 21.1. The van der Waals surface area contributed by atoms with Crippen molar-refractivity contribution in [2.24, 2.45) is 5.92 Å². The van der Waals surface area contributed by atoms with Crippen molar-refractivity contribution in [2.75, 3.05) is 11.9 Å². The van der Waals surface area contributed by atoms with E-state index in [-0.39, 0.29) is 29.1 Å². The first-order chi connectivity index (χ1) is 14.3. The van der Waals surface area contributed by atoms with Gasteiger partial charge in [0.25, 0.3) is 0 Å². The fourth-order valence-electron chi connectivity index (χ4n) is 4.36. The van der Waals surface area contributed by atoms with Gasteiger partial charge in [0.05, 0.1) is 12.2 Å². The molecule has 1 fully saturated rings. The van der Waals surface area contributed by atoms with Crippen molar-refractivity contribution in [2.45, 2.75) is 71.1 Å². The Morgan fingerprint density at radius 2 is 1.83 bits per heavy atom. The largest absolute Gasteiger partial charge is 0.462 e. The van der Waals surface area contributed by atoms with Gasteiger partial charge in [-0.05, 0) is 67.1 Å². The molecular formula is C25H31NO3S. The minimum absolute atomic E-state index is 0.0176. The summed E-state index contributed by atoms with van der Waals surface area (Å²) in [4.78, 5) is 26.8. The van der Waals surface area contributed by atoms with E-state index in [4.69, 9.17) is 4.74 Å². The lowest BCUT2D eigenvalue weighted by Crippen LogP contribution is -2.17. The number of ether oxygens (including phenoxy) is 1. The van der Waals surface area contributed by atoms with E-state index in [1.807, 2.05) is 6.92 Å². The van der Waals surface area contributed by atoms with Crippen molar-refractivity contribution in [1.29, 1.82) is 0 Å². The van der Waals surface area contributed by atoms with Crippen LogP contribution in [0.1, 0.15) is 84.8 Å². The number of hydrogen-bond acceptors (Lipinski definition) is 4. The molecule has 4 rings (SSSR count). The Bertz CT molecular complexity index is 952. The Labute approximate surface area is 183 Å². The Hall–Kier alpha value is -2.14. The topological polar surface area (TPSA) is 55.4 Å². The minimum Gasteiger partial charge on any atom is -0.462 e. The zero-order chi connectivity index (χ0) is 21.5. The van der Waals surface area contributed by atoms with E-state index in [0.29, 0.717) is 17.2 Å². The summed E-state index contributed by atoms with van der Waals surface area (Å²) in [5.41, 5.74) is 4.33. The number of fused-ring (bicyclic) bond motifs is 1. The Balaban J connectivity index is 1.49. The summed E-state index contributed by atoms with van der Waals surface area (Å²) in [6.45, 7) is 8.77. The van der Waals surface area contributed by atoms with Crippen LogP contribution in [0.2, 0.25) is 0 Å². The second-order valence-electron chi connectivity index (χ2n) is 9.45. The molecule has 1 amide bonds. The number of carbonyl (C=O) groups is 2. The molecule has 0 aliphatic heterocycles. The number of amides is 1. The Morgan fingerprint density at radius 3 is 2.50 bits per heavy atom. The zero-order valence-corrected chi connectivity index (χ0v) is 19.2. The second kappa shape index (κ2) is 8.18. The van der Waals surface area contributed by atoms with Gasteiger partial charge >= 0.3 is 5.97 Å². The number of aryl methyl sites for hydroxylation is 1. The van der Waals surface area contributed by atoms with Crippen LogP contribution >= 0.6 is 11.3 Å². The number of hydrogen-bond donors (Lipinski definition) is 1. The molecule has 2 atom stereocenters. The Kier molecular flexibility index (Phi) is 5.75. The maximum Gasteiger partial charge on any atom is 0.341 e. The molecule has 2 aromatic rings. The van der Waals surface area contributed by atoms with Gasteiger partial charge in [0, 0.05) is 10.8 Å². The third-order valence-electron chi connectivity index (χ3n) is 6.22. The van der Waals surface area contributed by atoms with E-state index in [0.717, 1.165) is 37.7 Å². The molecule has 2 aliphatic carbocycles. The summed E-state index contributed by atoms with van der Waals surface area (Å²) in [6, 6.07) is 8.67. The number of rotatable bonds is 5. The molecule has 0 spiro atoms. The molecule has 2 aliphatic rings. The molecule has 1 heterocycles. The number of thiophene rings is 1. The molecule has 1 aromatic heterocycles. The third-order valence-corrected chi connectivity index (χ3v) is 7.43. The Morgan fingerprint density at radius 1 is 1.13 bits per heavy atom. The maximum atomic E-state index is 13.0. The van der Waals surface area contributed by atoms with E-state index < -0.39 is 0 Å². The van der Waals surface area contributed by atoms with Crippen molar-refractivity contribution < 1.29 is 14.3 Å². The summed E-state index contributed by atoms with van der Waals surface area (Å²) >= 11 is 1.56. The SMILES string of the molecule is CCOC(=O)c1c(NC(=O)[C@H]2C[C@@H]2c2ccc(C(C)(C)C)cc2)sc2c1CCCC2. The molecule has 0 bridgehead atoms. The van der Waals surface area contributed by atoms with Gasteiger partial charge < -0.3 is 10.1 Å². The fourth-order valence-corrected chi connectivity index (χ4v) is 5.64. The standard InChI is InChI=1S/C25H31NO3S/c1-5-29-24(28)21-17-8-6-7-9-20(17)30-23(21)26-22(27)19-14-18(19)15-10-12-16(13-11-15)25(2,3)4/h10-13,18-19H,5-9,14H2,1-4H3,(H,26,27)/t18-,19+/m1/s1. The number of esters is 1. The van der Waals surface area contributed by atoms with Gasteiger partial charge in [-0.3, -0.25) is 4.79 Å². The highest BCUT2D eigenvalue weighted by atomic mass is 32.1. The van der Waals surface area contributed by atoms with Crippen molar-refractivity contribution in [3.05, 3.63) is 51.4 Å². The van der Waals surface area contributed by atoms with Crippen LogP contribution in [0.25, 0.3) is 0 Å². The first-order valence-electron chi connectivity index (χ1n) is 11.0. The molecule has 5 heteroatoms. The number of nitrogens with one attached hydrogen (secondary N) is 1. The second-order valence-corrected chi connectivity index (χ2v) is 10.6.